The molecule has 5 heteroatoms. The summed E-state index contributed by atoms with van der Waals surface area (Å²) in [6, 6.07) is 3.73. The molecule has 0 aliphatic carbocycles. The van der Waals surface area contributed by atoms with E-state index >= 15 is 0 Å². The van der Waals surface area contributed by atoms with E-state index in [0.29, 0.717) is 12.2 Å². The number of ether oxygens (including phenoxy) is 2. The van der Waals surface area contributed by atoms with Crippen molar-refractivity contribution in [1.29, 1.82) is 0 Å². The van der Waals surface area contributed by atoms with Crippen molar-refractivity contribution in [3.05, 3.63) is 23.9 Å². The first kappa shape index (κ1) is 13.3. The van der Waals surface area contributed by atoms with E-state index in [2.05, 4.69) is 0 Å². The third-order valence-corrected chi connectivity index (χ3v) is 3.16. The summed E-state index contributed by atoms with van der Waals surface area (Å²) in [5, 5.41) is 9.77. The number of carboxylic acid groups (broad SMARTS) is 1. The molecule has 2 rings (SSSR count). The molecule has 0 saturated carbocycles. The van der Waals surface area contributed by atoms with Crippen LogP contribution in [0.2, 0.25) is 0 Å². The third-order valence-electron chi connectivity index (χ3n) is 3.16. The maximum atomic E-state index is 10.7. The Kier molecular flexibility index (Phi) is 3.64. The van der Waals surface area contributed by atoms with Gasteiger partial charge < -0.3 is 19.1 Å². The predicted octanol–water partition coefficient (Wildman–Crippen LogP) is 2.21. The first-order valence-electron chi connectivity index (χ1n) is 5.98. The quantitative estimate of drug-likeness (QED) is 0.898. The number of benzene rings is 1. The van der Waals surface area contributed by atoms with Gasteiger partial charge in [0, 0.05) is 31.1 Å². The van der Waals surface area contributed by atoms with Crippen molar-refractivity contribution in [2.75, 3.05) is 14.2 Å². The number of methoxy groups -OCH3 is 2. The van der Waals surface area contributed by atoms with E-state index in [4.69, 9.17) is 14.6 Å². The van der Waals surface area contributed by atoms with Crippen molar-refractivity contribution in [1.82, 2.24) is 4.57 Å². The number of carbonyl (C=O) groups is 1. The van der Waals surface area contributed by atoms with E-state index in [1.54, 1.807) is 14.2 Å². The molecule has 1 heterocycles. The van der Waals surface area contributed by atoms with E-state index < -0.39 is 5.97 Å². The van der Waals surface area contributed by atoms with Gasteiger partial charge in [0.05, 0.1) is 19.7 Å². The fraction of sp³-hybridized carbons (Fsp3) is 0.357. The predicted molar refractivity (Wildman–Crippen MR) is 72.0 cm³/mol. The lowest BCUT2D eigenvalue weighted by Crippen LogP contribution is -1.96. The molecule has 102 valence electrons. The maximum Gasteiger partial charge on any atom is 0.303 e. The highest BCUT2D eigenvalue weighted by atomic mass is 16.5. The Bertz CT molecular complexity index is 615. The average Bonchev–Trinajstić information content (AvgIpc) is 2.72. The van der Waals surface area contributed by atoms with Gasteiger partial charge in [0.1, 0.15) is 11.5 Å². The number of hydrogen-bond acceptors (Lipinski definition) is 3. The van der Waals surface area contributed by atoms with Crippen LogP contribution in [0.15, 0.2) is 18.3 Å². The summed E-state index contributed by atoms with van der Waals surface area (Å²) < 4.78 is 12.6. The molecule has 1 aromatic carbocycles. The monoisotopic (exact) mass is 263 g/mol. The molecule has 0 spiro atoms. The average molecular weight is 263 g/mol. The van der Waals surface area contributed by atoms with Gasteiger partial charge in [-0.25, -0.2) is 0 Å². The molecule has 0 aliphatic rings. The summed E-state index contributed by atoms with van der Waals surface area (Å²) >= 11 is 0. The number of carboxylic acids is 1. The van der Waals surface area contributed by atoms with Crippen LogP contribution in [0.3, 0.4) is 0 Å². The maximum absolute atomic E-state index is 10.7. The molecule has 0 bridgehead atoms. The largest absolute Gasteiger partial charge is 0.497 e. The smallest absolute Gasteiger partial charge is 0.303 e. The van der Waals surface area contributed by atoms with Crippen LogP contribution in [0.4, 0.5) is 0 Å². The molecule has 1 aromatic heterocycles. The van der Waals surface area contributed by atoms with Crippen LogP contribution in [-0.4, -0.2) is 29.9 Å². The van der Waals surface area contributed by atoms with Gasteiger partial charge in [-0.15, -0.1) is 0 Å². The normalized spacial score (nSPS) is 10.7. The van der Waals surface area contributed by atoms with Gasteiger partial charge in [-0.1, -0.05) is 0 Å². The molecule has 0 aliphatic heterocycles. The molecule has 5 nitrogen and oxygen atoms in total. The molecule has 19 heavy (non-hydrogen) atoms. The molecule has 1 N–H and O–H groups in total. The van der Waals surface area contributed by atoms with Gasteiger partial charge in [-0.05, 0) is 18.1 Å². The summed E-state index contributed by atoms with van der Waals surface area (Å²) in [5.74, 6) is 0.623. The fourth-order valence-electron chi connectivity index (χ4n) is 2.27. The Balaban J connectivity index is 2.56. The van der Waals surface area contributed by atoms with Crippen molar-refractivity contribution in [2.45, 2.75) is 12.8 Å². The summed E-state index contributed by atoms with van der Waals surface area (Å²) in [4.78, 5) is 10.7. The summed E-state index contributed by atoms with van der Waals surface area (Å²) in [7, 11) is 5.13. The first-order chi connectivity index (χ1) is 9.06. The zero-order valence-electron chi connectivity index (χ0n) is 11.3. The minimum atomic E-state index is -0.799. The van der Waals surface area contributed by atoms with Gasteiger partial charge in [-0.3, -0.25) is 4.79 Å². The second-order valence-corrected chi connectivity index (χ2v) is 4.38. The van der Waals surface area contributed by atoms with Crippen molar-refractivity contribution in [3.63, 3.8) is 0 Å². The Morgan fingerprint density at radius 3 is 2.63 bits per heavy atom. The standard InChI is InChI=1S/C14H17NO4/c1-15-8-9(4-5-13(16)17)11-6-10(18-2)7-12(19-3)14(11)15/h6-8H,4-5H2,1-3H3,(H,16,17). The molecular weight excluding hydrogens is 246 g/mol. The van der Waals surface area contributed by atoms with E-state index in [1.807, 2.05) is 29.9 Å². The molecule has 0 radical (unpaired) electrons. The molecule has 0 saturated heterocycles. The molecule has 0 amide bonds. The highest BCUT2D eigenvalue weighted by Gasteiger charge is 2.14. The summed E-state index contributed by atoms with van der Waals surface area (Å²) in [6.07, 6.45) is 2.54. The van der Waals surface area contributed by atoms with Crippen LogP contribution in [0.5, 0.6) is 11.5 Å². The van der Waals surface area contributed by atoms with E-state index in [9.17, 15) is 4.79 Å². The molecule has 0 atom stereocenters. The van der Waals surface area contributed by atoms with Gasteiger partial charge in [0.2, 0.25) is 0 Å². The molecule has 2 aromatic rings. The number of nitrogens with zero attached hydrogens (tertiary/aromatic N) is 1. The number of aliphatic carboxylic acids is 1. The lowest BCUT2D eigenvalue weighted by molar-refractivity contribution is -0.136. The van der Waals surface area contributed by atoms with Crippen molar-refractivity contribution < 1.29 is 19.4 Å². The number of hydrogen-bond donors (Lipinski definition) is 1. The van der Waals surface area contributed by atoms with E-state index in [1.165, 1.54) is 0 Å². The first-order valence-corrected chi connectivity index (χ1v) is 5.98. The Morgan fingerprint density at radius 1 is 1.32 bits per heavy atom. The second-order valence-electron chi connectivity index (χ2n) is 4.38. The highest BCUT2D eigenvalue weighted by molar-refractivity contribution is 5.91. The fourth-order valence-corrected chi connectivity index (χ4v) is 2.27. The number of fused-ring (bicyclic) bond motifs is 1. The van der Waals surface area contributed by atoms with Gasteiger partial charge in [0.15, 0.2) is 0 Å². The van der Waals surface area contributed by atoms with Gasteiger partial charge in [-0.2, -0.15) is 0 Å². The van der Waals surface area contributed by atoms with Crippen molar-refractivity contribution in [3.8, 4) is 11.5 Å². The SMILES string of the molecule is COc1cc(OC)c2c(c1)c(CCC(=O)O)cn2C. The van der Waals surface area contributed by atoms with Crippen LogP contribution in [0, 0.1) is 0 Å². The molecule has 0 unspecified atom stereocenters. The second kappa shape index (κ2) is 5.22. The zero-order valence-corrected chi connectivity index (χ0v) is 11.3. The minimum Gasteiger partial charge on any atom is -0.497 e. The van der Waals surface area contributed by atoms with Crippen LogP contribution < -0.4 is 9.47 Å². The lowest BCUT2D eigenvalue weighted by atomic mass is 10.1. The molecule has 0 fully saturated rings. The summed E-state index contributed by atoms with van der Waals surface area (Å²) in [5.41, 5.74) is 1.93. The number of rotatable bonds is 5. The number of aromatic nitrogens is 1. The highest BCUT2D eigenvalue weighted by Crippen LogP contribution is 2.34. The number of aryl methyl sites for hydroxylation is 2. The Hall–Kier alpha value is -2.17. The van der Waals surface area contributed by atoms with Crippen LogP contribution in [0.1, 0.15) is 12.0 Å². The summed E-state index contributed by atoms with van der Waals surface area (Å²) in [6.45, 7) is 0. The van der Waals surface area contributed by atoms with Crippen molar-refractivity contribution >= 4 is 16.9 Å². The van der Waals surface area contributed by atoms with E-state index in [-0.39, 0.29) is 6.42 Å². The van der Waals surface area contributed by atoms with Gasteiger partial charge in [0.25, 0.3) is 0 Å². The van der Waals surface area contributed by atoms with Gasteiger partial charge >= 0.3 is 5.97 Å². The molecular formula is C14H17NO4. The van der Waals surface area contributed by atoms with Crippen LogP contribution in [0.25, 0.3) is 10.9 Å². The third kappa shape index (κ3) is 2.50. The van der Waals surface area contributed by atoms with Crippen LogP contribution in [-0.2, 0) is 18.3 Å². The topological polar surface area (TPSA) is 60.7 Å². The Morgan fingerprint density at radius 2 is 2.05 bits per heavy atom. The van der Waals surface area contributed by atoms with E-state index in [0.717, 1.165) is 22.2 Å². The zero-order chi connectivity index (χ0) is 14.0. The van der Waals surface area contributed by atoms with Crippen LogP contribution >= 0.6 is 0 Å². The lowest BCUT2D eigenvalue weighted by Gasteiger charge is -2.08. The Labute approximate surface area is 111 Å². The minimum absolute atomic E-state index is 0.110. The van der Waals surface area contributed by atoms with Crippen molar-refractivity contribution in [2.24, 2.45) is 7.05 Å².